The van der Waals surface area contributed by atoms with Crippen molar-refractivity contribution in [2.75, 3.05) is 0 Å². The second-order valence-electron chi connectivity index (χ2n) is 2.65. The van der Waals surface area contributed by atoms with E-state index in [4.69, 9.17) is 5.73 Å². The Hall–Kier alpha value is -1.46. The van der Waals surface area contributed by atoms with Gasteiger partial charge in [-0.05, 0) is 16.0 Å². The molecule has 5 nitrogen and oxygen atoms in total. The first-order valence-corrected chi connectivity index (χ1v) is 3.93. The molecule has 0 aliphatic rings. The molecule has 0 saturated heterocycles. The summed E-state index contributed by atoms with van der Waals surface area (Å²) >= 11 is 0. The fraction of sp³-hybridized carbons (Fsp3) is 0.125. The van der Waals surface area contributed by atoms with Crippen molar-refractivity contribution in [3.63, 3.8) is 0 Å². The lowest BCUT2D eigenvalue weighted by molar-refractivity contribution is 0.881. The van der Waals surface area contributed by atoms with Gasteiger partial charge in [0.25, 0.3) is 0 Å². The number of nitrogens with one attached hydrogen (secondary N) is 1. The van der Waals surface area contributed by atoms with E-state index < -0.39 is 0 Å². The topological polar surface area (TPSA) is 80.5 Å². The molecule has 1 aromatic carbocycles. The minimum absolute atomic E-state index is 0. The summed E-state index contributed by atoms with van der Waals surface area (Å²) in [5.41, 5.74) is 7.52. The molecule has 0 unspecified atom stereocenters. The van der Waals surface area contributed by atoms with Crippen molar-refractivity contribution in [3.05, 3.63) is 29.8 Å². The Morgan fingerprint density at radius 2 is 1.93 bits per heavy atom. The molecule has 1 aromatic heterocycles. The van der Waals surface area contributed by atoms with Crippen LogP contribution in [-0.2, 0) is 6.54 Å². The zero-order valence-electron chi connectivity index (χ0n) is 7.34. The molecule has 2 rings (SSSR count). The van der Waals surface area contributed by atoms with Crippen molar-refractivity contribution >= 4 is 12.4 Å². The predicted octanol–water partition coefficient (Wildman–Crippen LogP) is 0.747. The lowest BCUT2D eigenvalue weighted by atomic mass is 10.1. The van der Waals surface area contributed by atoms with Gasteiger partial charge in [0.2, 0.25) is 0 Å². The molecule has 0 aliphatic heterocycles. The number of benzene rings is 1. The van der Waals surface area contributed by atoms with E-state index >= 15 is 0 Å². The molecule has 0 spiro atoms. The van der Waals surface area contributed by atoms with Gasteiger partial charge >= 0.3 is 0 Å². The summed E-state index contributed by atoms with van der Waals surface area (Å²) in [5, 5.41) is 13.5. The van der Waals surface area contributed by atoms with Gasteiger partial charge < -0.3 is 5.73 Å². The molecule has 0 aliphatic carbocycles. The highest BCUT2D eigenvalue weighted by Crippen LogP contribution is 2.13. The third kappa shape index (κ3) is 2.07. The Morgan fingerprint density at radius 1 is 1.21 bits per heavy atom. The Labute approximate surface area is 87.1 Å². The van der Waals surface area contributed by atoms with Crippen LogP contribution in [0.15, 0.2) is 24.3 Å². The fourth-order valence-corrected chi connectivity index (χ4v) is 1.08. The molecule has 0 amide bonds. The number of halogens is 1. The summed E-state index contributed by atoms with van der Waals surface area (Å²) in [6.45, 7) is 0.551. The van der Waals surface area contributed by atoms with Gasteiger partial charge in [-0.25, -0.2) is 5.10 Å². The number of tetrazole rings is 1. The second kappa shape index (κ2) is 4.69. The molecule has 0 saturated carbocycles. The minimum atomic E-state index is 0. The van der Waals surface area contributed by atoms with E-state index in [2.05, 4.69) is 20.6 Å². The number of rotatable bonds is 2. The Morgan fingerprint density at radius 3 is 2.43 bits per heavy atom. The molecule has 74 valence electrons. The average molecular weight is 212 g/mol. The SMILES string of the molecule is Cl.NCc1ccc(-c2nnn[nH]2)cc1. The third-order valence-corrected chi connectivity index (χ3v) is 1.81. The first-order valence-electron chi connectivity index (χ1n) is 3.93. The highest BCUT2D eigenvalue weighted by Gasteiger charge is 1.99. The molecule has 0 atom stereocenters. The minimum Gasteiger partial charge on any atom is -0.326 e. The Bertz CT molecular complexity index is 369. The summed E-state index contributed by atoms with van der Waals surface area (Å²) in [7, 11) is 0. The molecular formula is C8H10ClN5. The predicted molar refractivity (Wildman–Crippen MR) is 54.8 cm³/mol. The molecule has 0 bridgehead atoms. The first-order chi connectivity index (χ1) is 6.40. The van der Waals surface area contributed by atoms with E-state index in [-0.39, 0.29) is 12.4 Å². The number of nitrogens with zero attached hydrogens (tertiary/aromatic N) is 3. The Kier molecular flexibility index (Phi) is 3.55. The fourth-order valence-electron chi connectivity index (χ4n) is 1.08. The molecule has 1 heterocycles. The monoisotopic (exact) mass is 211 g/mol. The van der Waals surface area contributed by atoms with Crippen LogP contribution < -0.4 is 5.73 Å². The van der Waals surface area contributed by atoms with Crippen LogP contribution in [0.2, 0.25) is 0 Å². The van der Waals surface area contributed by atoms with Crippen molar-refractivity contribution in [2.24, 2.45) is 5.73 Å². The summed E-state index contributed by atoms with van der Waals surface area (Å²) in [4.78, 5) is 0. The van der Waals surface area contributed by atoms with Crippen LogP contribution in [0.4, 0.5) is 0 Å². The number of aromatic nitrogens is 4. The van der Waals surface area contributed by atoms with Crippen LogP contribution in [0, 0.1) is 0 Å². The quantitative estimate of drug-likeness (QED) is 0.768. The van der Waals surface area contributed by atoms with Crippen LogP contribution in [0.25, 0.3) is 11.4 Å². The third-order valence-electron chi connectivity index (χ3n) is 1.81. The summed E-state index contributed by atoms with van der Waals surface area (Å²) in [5.74, 6) is 0.670. The zero-order chi connectivity index (χ0) is 9.10. The van der Waals surface area contributed by atoms with Crippen molar-refractivity contribution in [2.45, 2.75) is 6.54 Å². The van der Waals surface area contributed by atoms with Crippen LogP contribution in [0.3, 0.4) is 0 Å². The average Bonchev–Trinajstić information content (AvgIpc) is 2.71. The number of H-pyrrole nitrogens is 1. The molecule has 2 aromatic rings. The maximum atomic E-state index is 5.47. The van der Waals surface area contributed by atoms with E-state index in [9.17, 15) is 0 Å². The van der Waals surface area contributed by atoms with Gasteiger partial charge in [-0.2, -0.15) is 0 Å². The molecule has 6 heteroatoms. The molecule has 0 radical (unpaired) electrons. The Balaban J connectivity index is 0.000000980. The summed E-state index contributed by atoms with van der Waals surface area (Å²) in [6, 6.07) is 7.78. The number of hydrogen-bond donors (Lipinski definition) is 2. The maximum Gasteiger partial charge on any atom is 0.179 e. The van der Waals surface area contributed by atoms with Gasteiger partial charge in [0.15, 0.2) is 5.82 Å². The van der Waals surface area contributed by atoms with E-state index in [1.807, 2.05) is 24.3 Å². The second-order valence-corrected chi connectivity index (χ2v) is 2.65. The van der Waals surface area contributed by atoms with Crippen molar-refractivity contribution in [1.29, 1.82) is 0 Å². The van der Waals surface area contributed by atoms with Crippen LogP contribution in [-0.4, -0.2) is 20.6 Å². The molecule has 3 N–H and O–H groups in total. The van der Waals surface area contributed by atoms with E-state index in [0.717, 1.165) is 11.1 Å². The summed E-state index contributed by atoms with van der Waals surface area (Å²) < 4.78 is 0. The van der Waals surface area contributed by atoms with Gasteiger partial charge in [0.05, 0.1) is 0 Å². The maximum absolute atomic E-state index is 5.47. The largest absolute Gasteiger partial charge is 0.326 e. The standard InChI is InChI=1S/C8H9N5.ClH/c9-5-6-1-3-7(4-2-6)8-10-12-13-11-8;/h1-4H,5,9H2,(H,10,11,12,13);1H. The van der Waals surface area contributed by atoms with Gasteiger partial charge in [-0.15, -0.1) is 17.5 Å². The summed E-state index contributed by atoms with van der Waals surface area (Å²) in [6.07, 6.45) is 0. The van der Waals surface area contributed by atoms with Gasteiger partial charge in [-0.1, -0.05) is 24.3 Å². The van der Waals surface area contributed by atoms with Crippen LogP contribution in [0.1, 0.15) is 5.56 Å². The molecular weight excluding hydrogens is 202 g/mol. The zero-order valence-corrected chi connectivity index (χ0v) is 8.16. The van der Waals surface area contributed by atoms with Crippen LogP contribution >= 0.6 is 12.4 Å². The van der Waals surface area contributed by atoms with Gasteiger partial charge in [0.1, 0.15) is 0 Å². The molecule has 14 heavy (non-hydrogen) atoms. The van der Waals surface area contributed by atoms with Gasteiger partial charge in [0, 0.05) is 12.1 Å². The number of aromatic amines is 1. The van der Waals surface area contributed by atoms with E-state index in [1.54, 1.807) is 0 Å². The van der Waals surface area contributed by atoms with Crippen molar-refractivity contribution in [1.82, 2.24) is 20.6 Å². The molecule has 0 fully saturated rings. The highest BCUT2D eigenvalue weighted by atomic mass is 35.5. The normalized spacial score (nSPS) is 9.50. The smallest absolute Gasteiger partial charge is 0.179 e. The van der Waals surface area contributed by atoms with Crippen LogP contribution in [0.5, 0.6) is 0 Å². The highest BCUT2D eigenvalue weighted by molar-refractivity contribution is 5.85. The number of hydrogen-bond acceptors (Lipinski definition) is 4. The lowest BCUT2D eigenvalue weighted by Gasteiger charge is -1.97. The van der Waals surface area contributed by atoms with E-state index in [0.29, 0.717) is 12.4 Å². The first kappa shape index (κ1) is 10.6. The lowest BCUT2D eigenvalue weighted by Crippen LogP contribution is -1.95. The van der Waals surface area contributed by atoms with Crippen molar-refractivity contribution < 1.29 is 0 Å². The van der Waals surface area contributed by atoms with E-state index in [1.165, 1.54) is 0 Å². The van der Waals surface area contributed by atoms with Crippen molar-refractivity contribution in [3.8, 4) is 11.4 Å². The van der Waals surface area contributed by atoms with Gasteiger partial charge in [-0.3, -0.25) is 0 Å². The number of nitrogens with two attached hydrogens (primary N) is 1.